The first kappa shape index (κ1) is 24.1. The number of benzene rings is 2. The van der Waals surface area contributed by atoms with Crippen LogP contribution in [0.4, 0.5) is 5.69 Å². The minimum atomic E-state index is -3.53. The van der Waals surface area contributed by atoms with E-state index < -0.39 is 9.84 Å². The van der Waals surface area contributed by atoms with Gasteiger partial charge in [0.05, 0.1) is 10.6 Å². The molecule has 2 saturated heterocycles. The van der Waals surface area contributed by atoms with Crippen LogP contribution in [0.15, 0.2) is 59.6 Å². The van der Waals surface area contributed by atoms with Gasteiger partial charge in [-0.2, -0.15) is 0 Å². The summed E-state index contributed by atoms with van der Waals surface area (Å²) in [5.74, 6) is 0.0248. The maximum absolute atomic E-state index is 13.4. The number of likely N-dealkylation sites (tertiary alicyclic amines) is 1. The number of halogens is 1. The highest BCUT2D eigenvalue weighted by molar-refractivity contribution is 7.91. The highest BCUT2D eigenvalue weighted by Gasteiger charge is 2.37. The zero-order valence-corrected chi connectivity index (χ0v) is 21.4. The molecule has 2 aliphatic heterocycles. The van der Waals surface area contributed by atoms with E-state index >= 15 is 0 Å². The standard InChI is InChI=1S/C27H30ClN3O3S/c1-19-15-24(8-11-29-19)30-13-9-20(10-14-30)27(32)31-12-2-3-25(31)18-35(33,34)26-7-5-21-16-23(28)6-4-22(21)17-26/h4-8,11,15-17,20,25H,2-3,9-10,12-14,18H2,1H3/t25-/m1/s1. The molecule has 0 unspecified atom stereocenters. The largest absolute Gasteiger partial charge is 0.371 e. The molecule has 0 aliphatic carbocycles. The fourth-order valence-corrected chi connectivity index (χ4v) is 7.19. The Bertz CT molecular complexity index is 1350. The van der Waals surface area contributed by atoms with E-state index in [0.717, 1.165) is 60.9 Å². The van der Waals surface area contributed by atoms with E-state index in [1.54, 1.807) is 24.3 Å². The lowest BCUT2D eigenvalue weighted by atomic mass is 9.94. The van der Waals surface area contributed by atoms with Crippen molar-refractivity contribution in [2.45, 2.75) is 43.5 Å². The lowest BCUT2D eigenvalue weighted by Gasteiger charge is -2.36. The second-order valence-corrected chi connectivity index (χ2v) is 12.1. The summed E-state index contributed by atoms with van der Waals surface area (Å²) < 4.78 is 26.6. The molecule has 3 aromatic rings. The number of aryl methyl sites for hydroxylation is 1. The SMILES string of the molecule is Cc1cc(N2CCC(C(=O)N3CCC[C@@H]3CS(=O)(=O)c3ccc4cc(Cl)ccc4c3)CC2)ccn1. The molecule has 3 heterocycles. The first-order valence-corrected chi connectivity index (χ1v) is 14.2. The van der Waals surface area contributed by atoms with Crippen molar-refractivity contribution in [3.05, 3.63) is 65.4 Å². The molecule has 2 aromatic carbocycles. The number of hydrogen-bond acceptors (Lipinski definition) is 5. The first-order valence-electron chi connectivity index (χ1n) is 12.2. The van der Waals surface area contributed by atoms with Crippen LogP contribution in [0.3, 0.4) is 0 Å². The number of amides is 1. The number of anilines is 1. The van der Waals surface area contributed by atoms with Crippen molar-refractivity contribution in [3.63, 3.8) is 0 Å². The number of aromatic nitrogens is 1. The Balaban J connectivity index is 1.25. The van der Waals surface area contributed by atoms with Gasteiger partial charge in [0.15, 0.2) is 9.84 Å². The smallest absolute Gasteiger partial charge is 0.226 e. The third-order valence-corrected chi connectivity index (χ3v) is 9.33. The molecule has 5 rings (SSSR count). The summed E-state index contributed by atoms with van der Waals surface area (Å²) in [5, 5.41) is 2.36. The lowest BCUT2D eigenvalue weighted by molar-refractivity contribution is -0.136. The van der Waals surface area contributed by atoms with E-state index in [-0.39, 0.29) is 23.6 Å². The van der Waals surface area contributed by atoms with Crippen LogP contribution in [0.1, 0.15) is 31.4 Å². The number of hydrogen-bond donors (Lipinski definition) is 0. The molecular weight excluding hydrogens is 482 g/mol. The predicted octanol–water partition coefficient (Wildman–Crippen LogP) is 4.88. The van der Waals surface area contributed by atoms with E-state index in [1.165, 1.54) is 0 Å². The Kier molecular flexibility index (Phi) is 6.73. The van der Waals surface area contributed by atoms with Crippen LogP contribution in [0.25, 0.3) is 10.8 Å². The number of fused-ring (bicyclic) bond motifs is 1. The van der Waals surface area contributed by atoms with Crippen molar-refractivity contribution in [2.24, 2.45) is 5.92 Å². The molecule has 0 N–H and O–H groups in total. The van der Waals surface area contributed by atoms with Gasteiger partial charge in [0.25, 0.3) is 0 Å². The maximum atomic E-state index is 13.4. The van der Waals surface area contributed by atoms with Crippen molar-refractivity contribution in [2.75, 3.05) is 30.3 Å². The van der Waals surface area contributed by atoms with Crippen LogP contribution in [0.5, 0.6) is 0 Å². The molecule has 0 bridgehead atoms. The second kappa shape index (κ2) is 9.78. The van der Waals surface area contributed by atoms with E-state index in [2.05, 4.69) is 16.0 Å². The van der Waals surface area contributed by atoms with E-state index in [0.29, 0.717) is 16.5 Å². The molecule has 0 saturated carbocycles. The number of carbonyl (C=O) groups excluding carboxylic acids is 1. The molecule has 184 valence electrons. The van der Waals surface area contributed by atoms with Crippen LogP contribution in [-0.4, -0.2) is 55.6 Å². The van der Waals surface area contributed by atoms with Gasteiger partial charge in [-0.25, -0.2) is 8.42 Å². The number of pyridine rings is 1. The predicted molar refractivity (Wildman–Crippen MR) is 140 cm³/mol. The Morgan fingerprint density at radius 2 is 1.74 bits per heavy atom. The minimum absolute atomic E-state index is 0.0347. The highest BCUT2D eigenvalue weighted by atomic mass is 35.5. The van der Waals surface area contributed by atoms with Gasteiger partial charge in [-0.1, -0.05) is 23.7 Å². The number of carbonyl (C=O) groups is 1. The van der Waals surface area contributed by atoms with Gasteiger partial charge in [-0.05, 0) is 79.8 Å². The van der Waals surface area contributed by atoms with Crippen molar-refractivity contribution in [1.82, 2.24) is 9.88 Å². The van der Waals surface area contributed by atoms with Gasteiger partial charge in [-0.3, -0.25) is 9.78 Å². The molecule has 1 aromatic heterocycles. The number of rotatable bonds is 5. The summed E-state index contributed by atoms with van der Waals surface area (Å²) in [6, 6.07) is 14.4. The molecule has 35 heavy (non-hydrogen) atoms. The average molecular weight is 512 g/mol. The Hall–Kier alpha value is -2.64. The molecule has 1 atom stereocenters. The Morgan fingerprint density at radius 3 is 2.51 bits per heavy atom. The number of nitrogens with zero attached hydrogens (tertiary/aromatic N) is 3. The van der Waals surface area contributed by atoms with Gasteiger partial charge >= 0.3 is 0 Å². The van der Waals surface area contributed by atoms with Gasteiger partial charge in [0.1, 0.15) is 0 Å². The highest BCUT2D eigenvalue weighted by Crippen LogP contribution is 2.30. The van der Waals surface area contributed by atoms with Crippen LogP contribution < -0.4 is 4.90 Å². The molecule has 8 heteroatoms. The van der Waals surface area contributed by atoms with Gasteiger partial charge in [0.2, 0.25) is 5.91 Å². The third kappa shape index (κ3) is 5.16. The molecule has 2 aliphatic rings. The normalized spacial score (nSPS) is 19.4. The molecule has 1 amide bonds. The van der Waals surface area contributed by atoms with Crippen molar-refractivity contribution in [1.29, 1.82) is 0 Å². The van der Waals surface area contributed by atoms with Crippen LogP contribution in [0, 0.1) is 12.8 Å². The van der Waals surface area contributed by atoms with E-state index in [4.69, 9.17) is 11.6 Å². The van der Waals surface area contributed by atoms with Gasteiger partial charge in [0, 0.05) is 54.2 Å². The van der Waals surface area contributed by atoms with E-state index in [1.807, 2.05) is 36.2 Å². The molecule has 0 radical (unpaired) electrons. The minimum Gasteiger partial charge on any atom is -0.371 e. The zero-order chi connectivity index (χ0) is 24.6. The third-order valence-electron chi connectivity index (χ3n) is 7.29. The van der Waals surface area contributed by atoms with Crippen molar-refractivity contribution >= 4 is 43.8 Å². The first-order chi connectivity index (χ1) is 16.8. The van der Waals surface area contributed by atoms with Crippen molar-refractivity contribution < 1.29 is 13.2 Å². The summed E-state index contributed by atoms with van der Waals surface area (Å²) in [7, 11) is -3.53. The number of piperidine rings is 1. The van der Waals surface area contributed by atoms with Crippen LogP contribution in [0.2, 0.25) is 5.02 Å². The zero-order valence-electron chi connectivity index (χ0n) is 19.9. The monoisotopic (exact) mass is 511 g/mol. The molecular formula is C27H30ClN3O3S. The Morgan fingerprint density at radius 1 is 1.00 bits per heavy atom. The summed E-state index contributed by atoms with van der Waals surface area (Å²) >= 11 is 6.06. The molecule has 0 spiro atoms. The van der Waals surface area contributed by atoms with Crippen molar-refractivity contribution in [3.8, 4) is 0 Å². The van der Waals surface area contributed by atoms with Gasteiger partial charge in [-0.15, -0.1) is 0 Å². The summed E-state index contributed by atoms with van der Waals surface area (Å²) in [6.45, 7) is 4.25. The Labute approximate surface area is 211 Å². The average Bonchev–Trinajstić information content (AvgIpc) is 3.30. The lowest BCUT2D eigenvalue weighted by Crippen LogP contribution is -2.46. The van der Waals surface area contributed by atoms with Crippen LogP contribution >= 0.6 is 11.6 Å². The summed E-state index contributed by atoms with van der Waals surface area (Å²) in [6.07, 6.45) is 4.95. The quantitative estimate of drug-likeness (QED) is 0.488. The fraction of sp³-hybridized carbons (Fsp3) is 0.407. The number of sulfone groups is 1. The fourth-order valence-electron chi connectivity index (χ4n) is 5.38. The topological polar surface area (TPSA) is 70.6 Å². The summed E-state index contributed by atoms with van der Waals surface area (Å²) in [5.41, 5.74) is 2.13. The second-order valence-electron chi connectivity index (χ2n) is 9.68. The van der Waals surface area contributed by atoms with E-state index in [9.17, 15) is 13.2 Å². The molecule has 2 fully saturated rings. The maximum Gasteiger partial charge on any atom is 0.226 e. The van der Waals surface area contributed by atoms with Gasteiger partial charge < -0.3 is 9.80 Å². The summed E-state index contributed by atoms with van der Waals surface area (Å²) in [4.78, 5) is 22.1. The molecule has 6 nitrogen and oxygen atoms in total. The van der Waals surface area contributed by atoms with Crippen LogP contribution in [-0.2, 0) is 14.6 Å².